The van der Waals surface area contributed by atoms with E-state index in [1.54, 1.807) is 0 Å². The molecule has 1 heterocycles. The van der Waals surface area contributed by atoms with Crippen molar-refractivity contribution < 1.29 is 13.2 Å². The molecule has 2 rings (SSSR count). The van der Waals surface area contributed by atoms with E-state index in [9.17, 15) is 8.78 Å². The second-order valence-electron chi connectivity index (χ2n) is 2.95. The van der Waals surface area contributed by atoms with Gasteiger partial charge in [0.05, 0.1) is 12.2 Å². The van der Waals surface area contributed by atoms with Crippen LogP contribution in [0.2, 0.25) is 0 Å². The third kappa shape index (κ3) is 2.14. The van der Waals surface area contributed by atoms with Crippen LogP contribution in [0.3, 0.4) is 0 Å². The van der Waals surface area contributed by atoms with E-state index in [1.807, 2.05) is 0 Å². The summed E-state index contributed by atoms with van der Waals surface area (Å²) in [7, 11) is 0. The Morgan fingerprint density at radius 2 is 2.12 bits per heavy atom. The zero-order valence-electron chi connectivity index (χ0n) is 8.08. The van der Waals surface area contributed by atoms with Gasteiger partial charge in [0, 0.05) is 6.07 Å². The average Bonchev–Trinajstić information content (AvgIpc) is 2.71. The number of rotatable bonds is 3. The number of hydrogen-bond acceptors (Lipinski definition) is 5. The van der Waals surface area contributed by atoms with Crippen molar-refractivity contribution in [3.05, 3.63) is 35.7 Å². The van der Waals surface area contributed by atoms with Crippen molar-refractivity contribution in [2.24, 2.45) is 5.73 Å². The fraction of sp³-hybridized carbons (Fsp3) is 0.111. The Labute approximate surface area is 89.3 Å². The third-order valence-corrected chi connectivity index (χ3v) is 1.81. The van der Waals surface area contributed by atoms with Crippen LogP contribution in [0.1, 0.15) is 5.89 Å². The van der Waals surface area contributed by atoms with E-state index in [-0.39, 0.29) is 24.1 Å². The van der Waals surface area contributed by atoms with Gasteiger partial charge in [-0.25, -0.2) is 8.78 Å². The summed E-state index contributed by atoms with van der Waals surface area (Å²) in [6, 6.07) is 2.96. The second kappa shape index (κ2) is 4.23. The molecule has 16 heavy (non-hydrogen) atoms. The third-order valence-electron chi connectivity index (χ3n) is 1.81. The summed E-state index contributed by atoms with van der Waals surface area (Å²) < 4.78 is 31.0. The fourth-order valence-electron chi connectivity index (χ4n) is 1.10. The topological polar surface area (TPSA) is 77.0 Å². The van der Waals surface area contributed by atoms with Crippen LogP contribution in [0.5, 0.6) is 0 Å². The predicted octanol–water partition coefficient (Wildman–Crippen LogP) is 1.55. The first-order chi connectivity index (χ1) is 7.69. The van der Waals surface area contributed by atoms with Gasteiger partial charge in [-0.2, -0.15) is 0 Å². The van der Waals surface area contributed by atoms with Gasteiger partial charge in [0.1, 0.15) is 11.6 Å². The molecule has 0 fully saturated rings. The molecule has 0 unspecified atom stereocenters. The van der Waals surface area contributed by atoms with Crippen LogP contribution in [-0.4, -0.2) is 10.2 Å². The zero-order valence-corrected chi connectivity index (χ0v) is 8.08. The van der Waals surface area contributed by atoms with E-state index in [1.165, 1.54) is 0 Å². The van der Waals surface area contributed by atoms with Crippen molar-refractivity contribution in [2.45, 2.75) is 6.54 Å². The van der Waals surface area contributed by atoms with Gasteiger partial charge in [-0.1, -0.05) is 5.10 Å². The Bertz CT molecular complexity index is 500. The van der Waals surface area contributed by atoms with Crippen molar-refractivity contribution in [2.75, 3.05) is 5.32 Å². The monoisotopic (exact) mass is 226 g/mol. The smallest absolute Gasteiger partial charge is 0.320 e. The molecule has 5 nitrogen and oxygen atoms in total. The number of nitrogens with one attached hydrogen (secondary N) is 1. The maximum absolute atomic E-state index is 13.2. The van der Waals surface area contributed by atoms with E-state index >= 15 is 0 Å². The van der Waals surface area contributed by atoms with Gasteiger partial charge in [0.15, 0.2) is 0 Å². The lowest BCUT2D eigenvalue weighted by Crippen LogP contribution is -1.95. The molecule has 0 saturated carbocycles. The minimum atomic E-state index is -0.617. The highest BCUT2D eigenvalue weighted by molar-refractivity contribution is 5.52. The van der Waals surface area contributed by atoms with Crippen LogP contribution >= 0.6 is 0 Å². The molecule has 0 aliphatic heterocycles. The molecule has 2 aromatic rings. The van der Waals surface area contributed by atoms with Crippen molar-refractivity contribution in [1.82, 2.24) is 10.2 Å². The predicted molar refractivity (Wildman–Crippen MR) is 51.8 cm³/mol. The standard InChI is InChI=1S/C9H8F2N4O/c10-5-1-2-6(11)7(3-5)13-9-15-14-8(4-12)16-9/h1-3H,4,12H2,(H,13,15). The molecule has 0 spiro atoms. The molecule has 0 radical (unpaired) electrons. The van der Waals surface area contributed by atoms with Gasteiger partial charge in [0.25, 0.3) is 0 Å². The van der Waals surface area contributed by atoms with Crippen LogP contribution in [0, 0.1) is 11.6 Å². The summed E-state index contributed by atoms with van der Waals surface area (Å²) in [6.45, 7) is 0.0836. The minimum Gasteiger partial charge on any atom is -0.406 e. The molecule has 0 aliphatic carbocycles. The molecular formula is C9H8F2N4O. The summed E-state index contributed by atoms with van der Waals surface area (Å²) in [5, 5.41) is 9.58. The first-order valence-corrected chi connectivity index (χ1v) is 4.43. The summed E-state index contributed by atoms with van der Waals surface area (Å²) in [5.74, 6) is -0.976. The van der Waals surface area contributed by atoms with Gasteiger partial charge < -0.3 is 15.5 Å². The first-order valence-electron chi connectivity index (χ1n) is 4.43. The lowest BCUT2D eigenvalue weighted by atomic mass is 10.3. The normalized spacial score (nSPS) is 10.4. The highest BCUT2D eigenvalue weighted by Gasteiger charge is 2.08. The Morgan fingerprint density at radius 1 is 1.31 bits per heavy atom. The van der Waals surface area contributed by atoms with Crippen molar-refractivity contribution in [3.8, 4) is 0 Å². The largest absolute Gasteiger partial charge is 0.406 e. The molecule has 0 amide bonds. The van der Waals surface area contributed by atoms with E-state index in [4.69, 9.17) is 10.2 Å². The van der Waals surface area contributed by atoms with Gasteiger partial charge >= 0.3 is 6.01 Å². The Balaban J connectivity index is 2.22. The molecular weight excluding hydrogens is 218 g/mol. The van der Waals surface area contributed by atoms with Gasteiger partial charge in [0.2, 0.25) is 5.89 Å². The summed E-state index contributed by atoms with van der Waals surface area (Å²) >= 11 is 0. The molecule has 7 heteroatoms. The first kappa shape index (κ1) is 10.5. The number of halogens is 2. The maximum atomic E-state index is 13.2. The molecule has 3 N–H and O–H groups in total. The van der Waals surface area contributed by atoms with E-state index in [2.05, 4.69) is 15.5 Å². The van der Waals surface area contributed by atoms with Gasteiger partial charge in [-0.05, 0) is 12.1 Å². The van der Waals surface area contributed by atoms with Crippen LogP contribution in [0.15, 0.2) is 22.6 Å². The Hall–Kier alpha value is -2.02. The molecule has 1 aromatic heterocycles. The highest BCUT2D eigenvalue weighted by atomic mass is 19.1. The van der Waals surface area contributed by atoms with Crippen LogP contribution in [0.25, 0.3) is 0 Å². The summed E-state index contributed by atoms with van der Waals surface area (Å²) in [5.41, 5.74) is 5.18. The van der Waals surface area contributed by atoms with Crippen LogP contribution in [-0.2, 0) is 6.54 Å². The zero-order chi connectivity index (χ0) is 11.5. The van der Waals surface area contributed by atoms with E-state index in [0.29, 0.717) is 0 Å². The van der Waals surface area contributed by atoms with Gasteiger partial charge in [-0.3, -0.25) is 0 Å². The van der Waals surface area contributed by atoms with Crippen LogP contribution in [0.4, 0.5) is 20.5 Å². The lowest BCUT2D eigenvalue weighted by molar-refractivity contribution is 0.510. The number of hydrogen-bond donors (Lipinski definition) is 2. The number of nitrogens with two attached hydrogens (primary N) is 1. The second-order valence-corrected chi connectivity index (χ2v) is 2.95. The quantitative estimate of drug-likeness (QED) is 0.830. The molecule has 0 aliphatic rings. The van der Waals surface area contributed by atoms with Crippen LogP contribution < -0.4 is 11.1 Å². The number of nitrogens with zero attached hydrogens (tertiary/aromatic N) is 2. The number of aromatic nitrogens is 2. The molecule has 1 aromatic carbocycles. The number of benzene rings is 1. The van der Waals surface area contributed by atoms with Gasteiger partial charge in [-0.15, -0.1) is 5.10 Å². The van der Waals surface area contributed by atoms with Crippen molar-refractivity contribution >= 4 is 11.7 Å². The van der Waals surface area contributed by atoms with E-state index in [0.717, 1.165) is 18.2 Å². The molecule has 0 saturated heterocycles. The SMILES string of the molecule is NCc1nnc(Nc2cc(F)ccc2F)o1. The highest BCUT2D eigenvalue weighted by Crippen LogP contribution is 2.19. The average molecular weight is 226 g/mol. The molecule has 0 bridgehead atoms. The van der Waals surface area contributed by atoms with Crippen molar-refractivity contribution in [1.29, 1.82) is 0 Å². The minimum absolute atomic E-state index is 0.0371. The summed E-state index contributed by atoms with van der Waals surface area (Å²) in [6.07, 6.45) is 0. The number of anilines is 2. The van der Waals surface area contributed by atoms with Crippen molar-refractivity contribution in [3.63, 3.8) is 0 Å². The molecule has 84 valence electrons. The lowest BCUT2D eigenvalue weighted by Gasteiger charge is -2.02. The Morgan fingerprint density at radius 3 is 2.81 bits per heavy atom. The fourth-order valence-corrected chi connectivity index (χ4v) is 1.10. The van der Waals surface area contributed by atoms with E-state index < -0.39 is 11.6 Å². The molecule has 0 atom stereocenters. The Kier molecular flexibility index (Phi) is 2.78. The maximum Gasteiger partial charge on any atom is 0.320 e. The summed E-state index contributed by atoms with van der Waals surface area (Å²) in [4.78, 5) is 0.